The predicted molar refractivity (Wildman–Crippen MR) is 95.3 cm³/mol. The van der Waals surface area contributed by atoms with Crippen molar-refractivity contribution >= 4 is 17.0 Å². The lowest BCUT2D eigenvalue weighted by Crippen LogP contribution is -2.45. The van der Waals surface area contributed by atoms with E-state index in [1.54, 1.807) is 25.1 Å². The molecule has 1 atom stereocenters. The van der Waals surface area contributed by atoms with E-state index < -0.39 is 0 Å². The Morgan fingerprint density at radius 2 is 2.15 bits per heavy atom. The highest BCUT2D eigenvalue weighted by atomic mass is 19.1. The molecule has 1 aliphatic heterocycles. The maximum atomic E-state index is 13.2. The first-order valence-corrected chi connectivity index (χ1v) is 8.66. The Bertz CT molecular complexity index is 946. The topological polar surface area (TPSA) is 80.0 Å². The lowest BCUT2D eigenvalue weighted by molar-refractivity contribution is 0.0932. The molecular formula is C19H19FN4O2. The molecule has 134 valence electrons. The monoisotopic (exact) mass is 354 g/mol. The maximum Gasteiger partial charge on any atom is 0.259 e. The number of carbonyl (C=O) groups excluding carboxylic acids is 1. The molecule has 1 amide bonds. The summed E-state index contributed by atoms with van der Waals surface area (Å²) in [5, 5.41) is 10.9. The number of amides is 1. The number of hydrogen-bond donors (Lipinski definition) is 2. The fraction of sp³-hybridized carbons (Fsp3) is 0.316. The van der Waals surface area contributed by atoms with Crippen LogP contribution in [0.15, 0.2) is 34.9 Å². The number of aryl methyl sites for hydroxylation is 1. The molecule has 0 bridgehead atoms. The number of benzene rings is 1. The summed E-state index contributed by atoms with van der Waals surface area (Å²) in [5.41, 5.74) is 2.64. The average Bonchev–Trinajstić information content (AvgIpc) is 3.03. The van der Waals surface area contributed by atoms with Gasteiger partial charge < -0.3 is 15.2 Å². The number of carbonyl (C=O) groups is 1. The number of hydrogen-bond acceptors (Lipinski definition) is 5. The number of nitrogens with one attached hydrogen (secondary N) is 2. The van der Waals surface area contributed by atoms with Crippen molar-refractivity contribution < 1.29 is 13.7 Å². The first-order chi connectivity index (χ1) is 12.6. The standard InChI is InChI=1S/C19H19FN4O2/c1-11-17-15(18(25)22-14-3-2-8-21-10-14)9-16(23-19(17)26-24-11)12-4-6-13(20)7-5-12/h4-7,9,14,21H,2-3,8,10H2,1H3,(H,22,25). The lowest BCUT2D eigenvalue weighted by atomic mass is 10.0. The largest absolute Gasteiger partial charge is 0.348 e. The van der Waals surface area contributed by atoms with Gasteiger partial charge in [-0.25, -0.2) is 9.37 Å². The van der Waals surface area contributed by atoms with E-state index >= 15 is 0 Å². The van der Waals surface area contributed by atoms with E-state index in [9.17, 15) is 9.18 Å². The molecule has 3 heterocycles. The molecule has 0 saturated carbocycles. The Balaban J connectivity index is 1.75. The minimum Gasteiger partial charge on any atom is -0.348 e. The smallest absolute Gasteiger partial charge is 0.259 e. The van der Waals surface area contributed by atoms with Crippen LogP contribution in [0, 0.1) is 12.7 Å². The molecule has 1 aliphatic rings. The van der Waals surface area contributed by atoms with Gasteiger partial charge in [0.2, 0.25) is 0 Å². The molecule has 2 aromatic heterocycles. The van der Waals surface area contributed by atoms with Gasteiger partial charge in [0, 0.05) is 18.2 Å². The Kier molecular flexibility index (Phi) is 4.38. The summed E-state index contributed by atoms with van der Waals surface area (Å²) in [5.74, 6) is -0.506. The van der Waals surface area contributed by atoms with Gasteiger partial charge in [-0.15, -0.1) is 0 Å². The van der Waals surface area contributed by atoms with Crippen LogP contribution in [-0.2, 0) is 0 Å². The van der Waals surface area contributed by atoms with Crippen molar-refractivity contribution in [1.82, 2.24) is 20.8 Å². The van der Waals surface area contributed by atoms with Crippen molar-refractivity contribution in [3.8, 4) is 11.3 Å². The molecular weight excluding hydrogens is 335 g/mol. The van der Waals surface area contributed by atoms with Crippen molar-refractivity contribution in [1.29, 1.82) is 0 Å². The summed E-state index contributed by atoms with van der Waals surface area (Å²) in [6.07, 6.45) is 1.98. The summed E-state index contributed by atoms with van der Waals surface area (Å²) >= 11 is 0. The molecule has 1 unspecified atom stereocenters. The van der Waals surface area contributed by atoms with Crippen LogP contribution >= 0.6 is 0 Å². The normalized spacial score (nSPS) is 17.4. The molecule has 1 fully saturated rings. The van der Waals surface area contributed by atoms with E-state index in [0.717, 1.165) is 25.9 Å². The molecule has 1 saturated heterocycles. The molecule has 0 aliphatic carbocycles. The highest BCUT2D eigenvalue weighted by Crippen LogP contribution is 2.27. The van der Waals surface area contributed by atoms with Gasteiger partial charge >= 0.3 is 0 Å². The van der Waals surface area contributed by atoms with E-state index in [4.69, 9.17) is 4.52 Å². The van der Waals surface area contributed by atoms with Crippen molar-refractivity contribution in [3.63, 3.8) is 0 Å². The van der Waals surface area contributed by atoms with Crippen LogP contribution in [0.25, 0.3) is 22.4 Å². The number of rotatable bonds is 3. The zero-order valence-electron chi connectivity index (χ0n) is 14.4. The highest BCUT2D eigenvalue weighted by Gasteiger charge is 2.22. The first-order valence-electron chi connectivity index (χ1n) is 8.66. The van der Waals surface area contributed by atoms with Crippen LogP contribution in [0.5, 0.6) is 0 Å². The van der Waals surface area contributed by atoms with Gasteiger partial charge in [-0.1, -0.05) is 5.16 Å². The third-order valence-electron chi connectivity index (χ3n) is 4.63. The van der Waals surface area contributed by atoms with Gasteiger partial charge in [0.05, 0.1) is 22.3 Å². The SMILES string of the molecule is Cc1noc2nc(-c3ccc(F)cc3)cc(C(=O)NC3CCCNC3)c12. The fourth-order valence-electron chi connectivity index (χ4n) is 3.28. The molecule has 4 rings (SSSR count). The van der Waals surface area contributed by atoms with Crippen LogP contribution < -0.4 is 10.6 Å². The van der Waals surface area contributed by atoms with Crippen LogP contribution in [0.4, 0.5) is 4.39 Å². The average molecular weight is 354 g/mol. The molecule has 0 spiro atoms. The van der Waals surface area contributed by atoms with Crippen LogP contribution in [0.2, 0.25) is 0 Å². The number of pyridine rings is 1. The molecule has 1 aromatic carbocycles. The second-order valence-electron chi connectivity index (χ2n) is 6.53. The van der Waals surface area contributed by atoms with Crippen molar-refractivity contribution in [2.45, 2.75) is 25.8 Å². The zero-order valence-corrected chi connectivity index (χ0v) is 14.4. The Morgan fingerprint density at radius 3 is 2.88 bits per heavy atom. The first kappa shape index (κ1) is 16.7. The minimum atomic E-state index is -0.326. The Labute approximate surface area is 149 Å². The fourth-order valence-corrected chi connectivity index (χ4v) is 3.28. The molecule has 2 N–H and O–H groups in total. The van der Waals surface area contributed by atoms with Gasteiger partial charge in [0.15, 0.2) is 0 Å². The van der Waals surface area contributed by atoms with Crippen molar-refractivity contribution in [2.24, 2.45) is 0 Å². The van der Waals surface area contributed by atoms with Gasteiger partial charge in [0.25, 0.3) is 11.6 Å². The number of aromatic nitrogens is 2. The third-order valence-corrected chi connectivity index (χ3v) is 4.63. The summed E-state index contributed by atoms with van der Waals surface area (Å²) in [6.45, 7) is 3.52. The quantitative estimate of drug-likeness (QED) is 0.756. The second kappa shape index (κ2) is 6.84. The van der Waals surface area contributed by atoms with E-state index in [1.807, 2.05) is 0 Å². The van der Waals surface area contributed by atoms with E-state index in [1.165, 1.54) is 12.1 Å². The predicted octanol–water partition coefficient (Wildman–Crippen LogP) is 2.82. The molecule has 26 heavy (non-hydrogen) atoms. The van der Waals surface area contributed by atoms with Gasteiger partial charge in [0.1, 0.15) is 5.82 Å². The van der Waals surface area contributed by atoms with Crippen LogP contribution in [0.3, 0.4) is 0 Å². The second-order valence-corrected chi connectivity index (χ2v) is 6.53. The third kappa shape index (κ3) is 3.17. The van der Waals surface area contributed by atoms with Crippen molar-refractivity contribution in [3.05, 3.63) is 47.4 Å². The summed E-state index contributed by atoms with van der Waals surface area (Å²) < 4.78 is 18.5. The summed E-state index contributed by atoms with van der Waals surface area (Å²) in [6, 6.07) is 7.78. The molecule has 7 heteroatoms. The van der Waals surface area contributed by atoms with Crippen LogP contribution in [-0.4, -0.2) is 35.2 Å². The molecule has 6 nitrogen and oxygen atoms in total. The van der Waals surface area contributed by atoms with Gasteiger partial charge in [-0.05, 0) is 56.6 Å². The van der Waals surface area contributed by atoms with E-state index in [0.29, 0.717) is 33.6 Å². The van der Waals surface area contributed by atoms with E-state index in [-0.39, 0.29) is 17.8 Å². The van der Waals surface area contributed by atoms with Crippen LogP contribution in [0.1, 0.15) is 28.9 Å². The highest BCUT2D eigenvalue weighted by molar-refractivity contribution is 6.07. The minimum absolute atomic E-state index is 0.0916. The Morgan fingerprint density at radius 1 is 1.35 bits per heavy atom. The Hall–Kier alpha value is -2.80. The number of halogens is 1. The maximum absolute atomic E-state index is 13.2. The molecule has 0 radical (unpaired) electrons. The number of piperidine rings is 1. The summed E-state index contributed by atoms with van der Waals surface area (Å²) in [4.78, 5) is 17.4. The van der Waals surface area contributed by atoms with Crippen molar-refractivity contribution in [2.75, 3.05) is 13.1 Å². The lowest BCUT2D eigenvalue weighted by Gasteiger charge is -2.24. The number of nitrogens with zero attached hydrogens (tertiary/aromatic N) is 2. The van der Waals surface area contributed by atoms with Gasteiger partial charge in [-0.2, -0.15) is 0 Å². The zero-order chi connectivity index (χ0) is 18.1. The van der Waals surface area contributed by atoms with E-state index in [2.05, 4.69) is 20.8 Å². The van der Waals surface area contributed by atoms with Gasteiger partial charge in [-0.3, -0.25) is 4.79 Å². The summed E-state index contributed by atoms with van der Waals surface area (Å²) in [7, 11) is 0. The number of fused-ring (bicyclic) bond motifs is 1. The molecule has 3 aromatic rings.